The Labute approximate surface area is 145 Å². The zero-order valence-electron chi connectivity index (χ0n) is 14.0. The molecule has 0 bridgehead atoms. The minimum atomic E-state index is 0.530. The van der Waals surface area contributed by atoms with Crippen molar-refractivity contribution >= 4 is 11.5 Å². The molecule has 3 aromatic rings. The Morgan fingerprint density at radius 3 is 2.88 bits per heavy atom. The van der Waals surface area contributed by atoms with Crippen molar-refractivity contribution in [3.05, 3.63) is 36.3 Å². The van der Waals surface area contributed by atoms with Crippen LogP contribution in [0.1, 0.15) is 36.8 Å². The van der Waals surface area contributed by atoms with Crippen LogP contribution >= 0.6 is 0 Å². The molecule has 0 unspecified atom stereocenters. The van der Waals surface area contributed by atoms with E-state index in [0.717, 1.165) is 49.2 Å². The highest BCUT2D eigenvalue weighted by atomic mass is 16.3. The average Bonchev–Trinajstić information content (AvgIpc) is 3.18. The van der Waals surface area contributed by atoms with Gasteiger partial charge < -0.3 is 14.6 Å². The van der Waals surface area contributed by atoms with Crippen molar-refractivity contribution in [3.63, 3.8) is 0 Å². The van der Waals surface area contributed by atoms with Crippen molar-refractivity contribution in [2.45, 2.75) is 31.7 Å². The molecule has 0 spiro atoms. The highest BCUT2D eigenvalue weighted by Crippen LogP contribution is 2.35. The van der Waals surface area contributed by atoms with Gasteiger partial charge in [-0.15, -0.1) is 15.3 Å². The van der Waals surface area contributed by atoms with E-state index in [4.69, 9.17) is 9.52 Å². The molecule has 3 aromatic heterocycles. The molecule has 1 aliphatic heterocycles. The highest BCUT2D eigenvalue weighted by molar-refractivity contribution is 5.47. The SMILES string of the molecule is c1ncc(CNCC2CN(c3ccc4nnc(C5CCC5)n4n3)C2)o1. The third-order valence-corrected chi connectivity index (χ3v) is 5.24. The lowest BCUT2D eigenvalue weighted by molar-refractivity contribution is 0.369. The topological polar surface area (TPSA) is 84.4 Å². The number of rotatable bonds is 6. The highest BCUT2D eigenvalue weighted by Gasteiger charge is 2.29. The molecule has 1 saturated heterocycles. The maximum absolute atomic E-state index is 5.23. The molecule has 0 radical (unpaired) electrons. The summed E-state index contributed by atoms with van der Waals surface area (Å²) in [5.41, 5.74) is 0.844. The second-order valence-electron chi connectivity index (χ2n) is 7.02. The minimum absolute atomic E-state index is 0.530. The fraction of sp³-hybridized carbons (Fsp3) is 0.529. The molecule has 0 amide bonds. The molecule has 1 N–H and O–H groups in total. The first-order valence-corrected chi connectivity index (χ1v) is 8.92. The van der Waals surface area contributed by atoms with E-state index in [2.05, 4.69) is 25.4 Å². The van der Waals surface area contributed by atoms with Crippen LogP contribution < -0.4 is 10.2 Å². The van der Waals surface area contributed by atoms with Crippen LogP contribution in [-0.2, 0) is 6.54 Å². The van der Waals surface area contributed by atoms with Crippen molar-refractivity contribution < 1.29 is 4.42 Å². The fourth-order valence-corrected chi connectivity index (χ4v) is 3.50. The van der Waals surface area contributed by atoms with Gasteiger partial charge in [-0.3, -0.25) is 0 Å². The van der Waals surface area contributed by atoms with E-state index in [1.165, 1.54) is 25.7 Å². The normalized spacial score (nSPS) is 18.5. The molecule has 1 saturated carbocycles. The molecule has 0 aromatic carbocycles. The van der Waals surface area contributed by atoms with Gasteiger partial charge in [-0.05, 0) is 25.0 Å². The van der Waals surface area contributed by atoms with E-state index in [1.807, 2.05) is 16.6 Å². The Balaban J connectivity index is 1.20. The third kappa shape index (κ3) is 2.76. The molecule has 8 heteroatoms. The molecular formula is C17H21N7O. The largest absolute Gasteiger partial charge is 0.447 e. The first-order valence-electron chi connectivity index (χ1n) is 8.92. The Morgan fingerprint density at radius 1 is 1.20 bits per heavy atom. The van der Waals surface area contributed by atoms with Gasteiger partial charge in [0.2, 0.25) is 0 Å². The van der Waals surface area contributed by atoms with Gasteiger partial charge in [0.05, 0.1) is 12.7 Å². The summed E-state index contributed by atoms with van der Waals surface area (Å²) >= 11 is 0. The second kappa shape index (κ2) is 6.11. The summed E-state index contributed by atoms with van der Waals surface area (Å²) in [7, 11) is 0. The van der Waals surface area contributed by atoms with Crippen LogP contribution in [0.4, 0.5) is 5.82 Å². The number of oxazole rings is 1. The molecular weight excluding hydrogens is 318 g/mol. The zero-order valence-corrected chi connectivity index (χ0v) is 14.0. The number of nitrogens with one attached hydrogen (secondary N) is 1. The van der Waals surface area contributed by atoms with Crippen molar-refractivity contribution in [1.82, 2.24) is 30.1 Å². The van der Waals surface area contributed by atoms with E-state index in [-0.39, 0.29) is 0 Å². The minimum Gasteiger partial charge on any atom is -0.447 e. The Hall–Kier alpha value is -2.48. The molecule has 1 aliphatic carbocycles. The molecule has 25 heavy (non-hydrogen) atoms. The monoisotopic (exact) mass is 339 g/mol. The first kappa shape index (κ1) is 14.8. The van der Waals surface area contributed by atoms with Gasteiger partial charge in [-0.25, -0.2) is 4.98 Å². The second-order valence-corrected chi connectivity index (χ2v) is 7.02. The molecule has 4 heterocycles. The van der Waals surface area contributed by atoms with Crippen molar-refractivity contribution in [2.24, 2.45) is 5.92 Å². The maximum atomic E-state index is 5.23. The Morgan fingerprint density at radius 2 is 2.12 bits per heavy atom. The van der Waals surface area contributed by atoms with Gasteiger partial charge >= 0.3 is 0 Å². The molecule has 8 nitrogen and oxygen atoms in total. The molecule has 0 atom stereocenters. The lowest BCUT2D eigenvalue weighted by atomic mass is 9.85. The number of nitrogens with zero attached hydrogens (tertiary/aromatic N) is 6. The van der Waals surface area contributed by atoms with Crippen molar-refractivity contribution in [2.75, 3.05) is 24.5 Å². The summed E-state index contributed by atoms with van der Waals surface area (Å²) in [6.07, 6.45) is 6.91. The van der Waals surface area contributed by atoms with E-state index < -0.39 is 0 Å². The summed E-state index contributed by atoms with van der Waals surface area (Å²) in [5.74, 6) is 4.07. The van der Waals surface area contributed by atoms with Gasteiger partial charge in [0.15, 0.2) is 17.9 Å². The number of hydrogen-bond donors (Lipinski definition) is 1. The van der Waals surface area contributed by atoms with Crippen LogP contribution in [0, 0.1) is 5.92 Å². The smallest absolute Gasteiger partial charge is 0.180 e. The van der Waals surface area contributed by atoms with E-state index in [0.29, 0.717) is 11.8 Å². The maximum Gasteiger partial charge on any atom is 0.180 e. The quantitative estimate of drug-likeness (QED) is 0.730. The van der Waals surface area contributed by atoms with Gasteiger partial charge in [0, 0.05) is 31.5 Å². The summed E-state index contributed by atoms with van der Waals surface area (Å²) in [4.78, 5) is 6.23. The zero-order chi connectivity index (χ0) is 16.6. The van der Waals surface area contributed by atoms with E-state index in [1.54, 1.807) is 6.20 Å². The van der Waals surface area contributed by atoms with E-state index >= 15 is 0 Å². The lowest BCUT2D eigenvalue weighted by Crippen LogP contribution is -2.51. The third-order valence-electron chi connectivity index (χ3n) is 5.24. The lowest BCUT2D eigenvalue weighted by Gasteiger charge is -2.40. The van der Waals surface area contributed by atoms with Gasteiger partial charge in [0.1, 0.15) is 11.6 Å². The van der Waals surface area contributed by atoms with Crippen molar-refractivity contribution in [3.8, 4) is 0 Å². The van der Waals surface area contributed by atoms with Crippen LogP contribution in [0.2, 0.25) is 0 Å². The van der Waals surface area contributed by atoms with Gasteiger partial charge in [-0.1, -0.05) is 6.42 Å². The van der Waals surface area contributed by atoms with Gasteiger partial charge in [-0.2, -0.15) is 4.52 Å². The molecule has 2 fully saturated rings. The molecule has 2 aliphatic rings. The summed E-state index contributed by atoms with van der Waals surface area (Å²) in [5, 5.41) is 16.8. The molecule has 5 rings (SSSR count). The summed E-state index contributed by atoms with van der Waals surface area (Å²) < 4.78 is 7.17. The predicted molar refractivity (Wildman–Crippen MR) is 91.3 cm³/mol. The number of anilines is 1. The standard InChI is InChI=1S/C17H21N7O/c1-2-13(3-1)17-21-20-15-4-5-16(22-24(15)17)23-9-12(10-23)6-18-7-14-8-19-11-25-14/h4-5,8,11-13,18H,1-3,6-7,9-10H2. The Kier molecular flexibility index (Phi) is 3.62. The van der Waals surface area contributed by atoms with Crippen LogP contribution in [-0.4, -0.2) is 44.4 Å². The Bertz CT molecular complexity index is 849. The van der Waals surface area contributed by atoms with Crippen molar-refractivity contribution in [1.29, 1.82) is 0 Å². The summed E-state index contributed by atoms with van der Waals surface area (Å²) in [6.45, 7) is 3.73. The van der Waals surface area contributed by atoms with Crippen LogP contribution in [0.15, 0.2) is 29.1 Å². The average molecular weight is 339 g/mol. The van der Waals surface area contributed by atoms with Crippen LogP contribution in [0.25, 0.3) is 5.65 Å². The predicted octanol–water partition coefficient (Wildman–Crippen LogP) is 1.61. The molecule has 130 valence electrons. The summed E-state index contributed by atoms with van der Waals surface area (Å²) in [6, 6.07) is 4.07. The van der Waals surface area contributed by atoms with Crippen LogP contribution in [0.5, 0.6) is 0 Å². The number of hydrogen-bond acceptors (Lipinski definition) is 7. The van der Waals surface area contributed by atoms with E-state index in [9.17, 15) is 0 Å². The van der Waals surface area contributed by atoms with Crippen LogP contribution in [0.3, 0.4) is 0 Å². The number of aromatic nitrogens is 5. The number of fused-ring (bicyclic) bond motifs is 1. The van der Waals surface area contributed by atoms with Gasteiger partial charge in [0.25, 0.3) is 0 Å². The first-order chi connectivity index (χ1) is 12.4. The fourth-order valence-electron chi connectivity index (χ4n) is 3.50.